The highest BCUT2D eigenvalue weighted by molar-refractivity contribution is 5.26. The van der Waals surface area contributed by atoms with Crippen LogP contribution in [0.5, 0.6) is 5.75 Å². The van der Waals surface area contributed by atoms with Crippen LogP contribution < -0.4 is 16.0 Å². The molecule has 1 aromatic heterocycles. The third-order valence-electron chi connectivity index (χ3n) is 2.89. The molecule has 1 unspecified atom stereocenters. The van der Waals surface area contributed by atoms with Crippen molar-refractivity contribution < 1.29 is 4.74 Å². The van der Waals surface area contributed by atoms with Gasteiger partial charge in [-0.3, -0.25) is 16.3 Å². The number of hydrogen-bond acceptors (Lipinski definition) is 4. The summed E-state index contributed by atoms with van der Waals surface area (Å²) in [7, 11) is 0. The molecule has 0 aliphatic heterocycles. The summed E-state index contributed by atoms with van der Waals surface area (Å²) in [5, 5.41) is 0. The monoisotopic (exact) mass is 265 g/mol. The Hall–Kier alpha value is -1.13. The van der Waals surface area contributed by atoms with Gasteiger partial charge in [-0.05, 0) is 43.7 Å². The van der Waals surface area contributed by atoms with E-state index in [1.165, 1.54) is 0 Å². The van der Waals surface area contributed by atoms with Crippen LogP contribution in [0.25, 0.3) is 0 Å². The number of nitrogens with zero attached hydrogens (tertiary/aromatic N) is 1. The number of rotatable bonds is 6. The van der Waals surface area contributed by atoms with Crippen molar-refractivity contribution in [3.05, 3.63) is 24.0 Å². The van der Waals surface area contributed by atoms with Gasteiger partial charge in [-0.25, -0.2) is 0 Å². The fraction of sp³-hybridized carbons (Fsp3) is 0.667. The lowest BCUT2D eigenvalue weighted by Gasteiger charge is -2.23. The van der Waals surface area contributed by atoms with Gasteiger partial charge in [0.2, 0.25) is 0 Å². The molecule has 19 heavy (non-hydrogen) atoms. The first-order valence-electron chi connectivity index (χ1n) is 6.89. The van der Waals surface area contributed by atoms with Crippen molar-refractivity contribution in [3.63, 3.8) is 0 Å². The molecule has 0 saturated carbocycles. The van der Waals surface area contributed by atoms with E-state index in [9.17, 15) is 0 Å². The van der Waals surface area contributed by atoms with Gasteiger partial charge in [0.25, 0.3) is 0 Å². The molecule has 108 valence electrons. The molecule has 1 heterocycles. The molecule has 0 bridgehead atoms. The maximum Gasteiger partial charge on any atom is 0.138 e. The van der Waals surface area contributed by atoms with Gasteiger partial charge in [0.1, 0.15) is 5.75 Å². The third-order valence-corrected chi connectivity index (χ3v) is 2.89. The SMILES string of the molecule is CC(C)Oc1cncc(C(CCC(C)(C)C)NN)c1. The molecule has 0 saturated heterocycles. The van der Waals surface area contributed by atoms with E-state index >= 15 is 0 Å². The van der Waals surface area contributed by atoms with Crippen molar-refractivity contribution in [2.45, 2.75) is 59.6 Å². The Morgan fingerprint density at radius 3 is 2.53 bits per heavy atom. The minimum atomic E-state index is 0.113. The minimum Gasteiger partial charge on any atom is -0.489 e. The van der Waals surface area contributed by atoms with Gasteiger partial charge in [-0.15, -0.1) is 0 Å². The molecule has 0 aliphatic carbocycles. The number of hydrogen-bond donors (Lipinski definition) is 2. The number of ether oxygens (including phenoxy) is 1. The minimum absolute atomic E-state index is 0.113. The maximum absolute atomic E-state index is 5.67. The van der Waals surface area contributed by atoms with E-state index in [0.29, 0.717) is 5.41 Å². The van der Waals surface area contributed by atoms with Crippen LogP contribution in [0.2, 0.25) is 0 Å². The van der Waals surface area contributed by atoms with Crippen molar-refractivity contribution >= 4 is 0 Å². The fourth-order valence-corrected chi connectivity index (χ4v) is 1.89. The van der Waals surface area contributed by atoms with Crippen LogP contribution in [-0.2, 0) is 0 Å². The standard InChI is InChI=1S/C15H27N3O/c1-11(2)19-13-8-12(9-17-10-13)14(18-16)6-7-15(3,4)5/h8-11,14,18H,6-7,16H2,1-5H3. The van der Waals surface area contributed by atoms with Gasteiger partial charge >= 0.3 is 0 Å². The molecule has 3 N–H and O–H groups in total. The molecule has 4 nitrogen and oxygen atoms in total. The van der Waals surface area contributed by atoms with Gasteiger partial charge in [0.05, 0.1) is 12.3 Å². The van der Waals surface area contributed by atoms with E-state index in [0.717, 1.165) is 24.2 Å². The molecule has 1 atom stereocenters. The number of hydrazine groups is 1. The second kappa shape index (κ2) is 6.87. The zero-order valence-corrected chi connectivity index (χ0v) is 12.7. The molecule has 0 radical (unpaired) electrons. The van der Waals surface area contributed by atoms with E-state index in [4.69, 9.17) is 10.6 Å². The first kappa shape index (κ1) is 15.9. The normalized spacial score (nSPS) is 13.6. The van der Waals surface area contributed by atoms with Crippen LogP contribution >= 0.6 is 0 Å². The molecule has 0 spiro atoms. The summed E-state index contributed by atoms with van der Waals surface area (Å²) < 4.78 is 5.66. The average molecular weight is 265 g/mol. The summed E-state index contributed by atoms with van der Waals surface area (Å²) in [5.41, 5.74) is 4.25. The lowest BCUT2D eigenvalue weighted by atomic mass is 9.87. The number of pyridine rings is 1. The summed E-state index contributed by atoms with van der Waals surface area (Å²) in [6.45, 7) is 10.7. The molecule has 1 rings (SSSR count). The van der Waals surface area contributed by atoms with E-state index in [1.807, 2.05) is 26.1 Å². The summed E-state index contributed by atoms with van der Waals surface area (Å²) in [4.78, 5) is 4.23. The Morgan fingerprint density at radius 1 is 1.32 bits per heavy atom. The first-order valence-corrected chi connectivity index (χ1v) is 6.89. The molecule has 0 fully saturated rings. The van der Waals surface area contributed by atoms with E-state index in [2.05, 4.69) is 31.2 Å². The highest BCUT2D eigenvalue weighted by Gasteiger charge is 2.16. The van der Waals surface area contributed by atoms with E-state index in [-0.39, 0.29) is 12.1 Å². The maximum atomic E-state index is 5.67. The van der Waals surface area contributed by atoms with E-state index in [1.54, 1.807) is 6.20 Å². The number of aromatic nitrogens is 1. The molecule has 0 aliphatic rings. The highest BCUT2D eigenvalue weighted by atomic mass is 16.5. The number of nitrogens with two attached hydrogens (primary N) is 1. The smallest absolute Gasteiger partial charge is 0.138 e. The Kier molecular flexibility index (Phi) is 5.76. The zero-order valence-electron chi connectivity index (χ0n) is 12.7. The molecule has 4 heteroatoms. The third kappa shape index (κ3) is 6.03. The Bertz CT molecular complexity index is 385. The molecule has 0 aromatic carbocycles. The van der Waals surface area contributed by atoms with Crippen molar-refractivity contribution in [1.82, 2.24) is 10.4 Å². The Labute approximate surface area is 116 Å². The van der Waals surface area contributed by atoms with Gasteiger partial charge in [0.15, 0.2) is 0 Å². The van der Waals surface area contributed by atoms with Gasteiger partial charge < -0.3 is 4.74 Å². The topological polar surface area (TPSA) is 60.2 Å². The number of nitrogens with one attached hydrogen (secondary N) is 1. The summed E-state index contributed by atoms with van der Waals surface area (Å²) in [6, 6.07) is 2.13. The average Bonchev–Trinajstić information content (AvgIpc) is 2.28. The van der Waals surface area contributed by atoms with Crippen molar-refractivity contribution in [1.29, 1.82) is 0 Å². The second-order valence-electron chi connectivity index (χ2n) is 6.44. The summed E-state index contributed by atoms with van der Waals surface area (Å²) in [5.74, 6) is 6.46. The van der Waals surface area contributed by atoms with Crippen LogP contribution in [0, 0.1) is 5.41 Å². The van der Waals surface area contributed by atoms with Gasteiger partial charge in [-0.1, -0.05) is 20.8 Å². The fourth-order valence-electron chi connectivity index (χ4n) is 1.89. The Morgan fingerprint density at radius 2 is 2.00 bits per heavy atom. The van der Waals surface area contributed by atoms with Crippen molar-refractivity contribution in [2.24, 2.45) is 11.3 Å². The van der Waals surface area contributed by atoms with Gasteiger partial charge in [0, 0.05) is 12.2 Å². The lowest BCUT2D eigenvalue weighted by Crippen LogP contribution is -2.29. The second-order valence-corrected chi connectivity index (χ2v) is 6.44. The highest BCUT2D eigenvalue weighted by Crippen LogP contribution is 2.28. The Balaban J connectivity index is 2.75. The molecular weight excluding hydrogens is 238 g/mol. The summed E-state index contributed by atoms with van der Waals surface area (Å²) >= 11 is 0. The first-order chi connectivity index (χ1) is 8.81. The van der Waals surface area contributed by atoms with Crippen LogP contribution in [0.1, 0.15) is 59.1 Å². The van der Waals surface area contributed by atoms with Crippen LogP contribution in [-0.4, -0.2) is 11.1 Å². The molecule has 0 amide bonds. The van der Waals surface area contributed by atoms with Gasteiger partial charge in [-0.2, -0.15) is 0 Å². The molecular formula is C15H27N3O. The van der Waals surface area contributed by atoms with Crippen LogP contribution in [0.15, 0.2) is 18.5 Å². The summed E-state index contributed by atoms with van der Waals surface area (Å²) in [6.07, 6.45) is 5.81. The quantitative estimate of drug-likeness (QED) is 0.612. The van der Waals surface area contributed by atoms with E-state index < -0.39 is 0 Å². The van der Waals surface area contributed by atoms with Crippen LogP contribution in [0.4, 0.5) is 0 Å². The largest absolute Gasteiger partial charge is 0.489 e. The van der Waals surface area contributed by atoms with Crippen LogP contribution in [0.3, 0.4) is 0 Å². The zero-order chi connectivity index (χ0) is 14.5. The van der Waals surface area contributed by atoms with Crippen molar-refractivity contribution in [2.75, 3.05) is 0 Å². The lowest BCUT2D eigenvalue weighted by molar-refractivity contribution is 0.241. The predicted octanol–water partition coefficient (Wildman–Crippen LogP) is 3.20. The molecule has 1 aromatic rings. The predicted molar refractivity (Wildman–Crippen MR) is 78.8 cm³/mol. The van der Waals surface area contributed by atoms with Crippen molar-refractivity contribution in [3.8, 4) is 5.75 Å².